The average Bonchev–Trinajstić information content (AvgIpc) is 2.72. The van der Waals surface area contributed by atoms with Crippen LogP contribution >= 0.6 is 0 Å². The topological polar surface area (TPSA) is 57.6 Å². The van der Waals surface area contributed by atoms with Crippen molar-refractivity contribution in [2.24, 2.45) is 17.8 Å². The lowest BCUT2D eigenvalue weighted by Gasteiger charge is -2.22. The van der Waals surface area contributed by atoms with E-state index in [9.17, 15) is 14.7 Å². The zero-order valence-corrected chi connectivity index (χ0v) is 11.0. The molecule has 17 heavy (non-hydrogen) atoms. The minimum absolute atomic E-state index is 0.00944. The largest absolute Gasteiger partial charge is 0.481 e. The van der Waals surface area contributed by atoms with Gasteiger partial charge in [0.25, 0.3) is 0 Å². The minimum Gasteiger partial charge on any atom is -0.481 e. The fourth-order valence-corrected chi connectivity index (χ4v) is 2.75. The van der Waals surface area contributed by atoms with Gasteiger partial charge in [-0.2, -0.15) is 0 Å². The molecule has 0 aliphatic heterocycles. The summed E-state index contributed by atoms with van der Waals surface area (Å²) in [6, 6.07) is 0. The van der Waals surface area contributed by atoms with Gasteiger partial charge in [0.1, 0.15) is 0 Å². The fourth-order valence-electron chi connectivity index (χ4n) is 2.75. The molecule has 0 aromatic carbocycles. The number of hydrogen-bond donors (Lipinski definition) is 1. The van der Waals surface area contributed by atoms with Crippen LogP contribution in [0.25, 0.3) is 0 Å². The van der Waals surface area contributed by atoms with E-state index in [4.69, 9.17) is 0 Å². The number of amides is 1. The van der Waals surface area contributed by atoms with Crippen LogP contribution in [0, 0.1) is 17.8 Å². The summed E-state index contributed by atoms with van der Waals surface area (Å²) in [5.41, 5.74) is 0. The molecule has 1 N–H and O–H groups in total. The van der Waals surface area contributed by atoms with E-state index in [1.807, 2.05) is 6.92 Å². The van der Waals surface area contributed by atoms with Crippen LogP contribution < -0.4 is 0 Å². The Labute approximate surface area is 103 Å². The van der Waals surface area contributed by atoms with Crippen molar-refractivity contribution in [1.29, 1.82) is 0 Å². The average molecular weight is 241 g/mol. The maximum atomic E-state index is 12.2. The van der Waals surface area contributed by atoms with E-state index < -0.39 is 11.9 Å². The molecule has 0 radical (unpaired) electrons. The number of carbonyl (C=O) groups excluding carboxylic acids is 1. The molecule has 4 nitrogen and oxygen atoms in total. The van der Waals surface area contributed by atoms with E-state index >= 15 is 0 Å². The summed E-state index contributed by atoms with van der Waals surface area (Å²) in [5, 5.41) is 9.19. The minimum atomic E-state index is -0.816. The van der Waals surface area contributed by atoms with Crippen molar-refractivity contribution >= 4 is 11.9 Å². The van der Waals surface area contributed by atoms with Crippen molar-refractivity contribution in [1.82, 2.24) is 4.90 Å². The zero-order chi connectivity index (χ0) is 13.0. The van der Waals surface area contributed by atoms with E-state index in [-0.39, 0.29) is 11.8 Å². The molecule has 1 aliphatic carbocycles. The predicted molar refractivity (Wildman–Crippen MR) is 65.6 cm³/mol. The SMILES string of the molecule is CCCN(C)C(=O)C1CC(CC)CC1C(=O)O. The molecule has 1 rings (SSSR count). The monoisotopic (exact) mass is 241 g/mol. The van der Waals surface area contributed by atoms with Crippen LogP contribution in [0.4, 0.5) is 0 Å². The lowest BCUT2D eigenvalue weighted by molar-refractivity contribution is -0.148. The van der Waals surface area contributed by atoms with E-state index in [0.29, 0.717) is 18.9 Å². The van der Waals surface area contributed by atoms with E-state index in [2.05, 4.69) is 6.92 Å². The third-order valence-electron chi connectivity index (χ3n) is 3.81. The summed E-state index contributed by atoms with van der Waals surface area (Å²) in [7, 11) is 1.77. The van der Waals surface area contributed by atoms with Gasteiger partial charge >= 0.3 is 5.97 Å². The summed E-state index contributed by atoms with van der Waals surface area (Å²) in [5.74, 6) is -1.21. The summed E-state index contributed by atoms with van der Waals surface area (Å²) in [6.45, 7) is 4.78. The first kappa shape index (κ1) is 14.0. The number of nitrogens with zero attached hydrogens (tertiary/aromatic N) is 1. The number of carboxylic acid groups (broad SMARTS) is 1. The second-order valence-corrected chi connectivity index (χ2v) is 5.06. The highest BCUT2D eigenvalue weighted by Crippen LogP contribution is 2.39. The maximum absolute atomic E-state index is 12.2. The Kier molecular flexibility index (Phi) is 4.97. The molecule has 3 unspecified atom stereocenters. The highest BCUT2D eigenvalue weighted by molar-refractivity contribution is 5.85. The third-order valence-corrected chi connectivity index (χ3v) is 3.81. The summed E-state index contributed by atoms with van der Waals surface area (Å²) in [6.07, 6.45) is 3.26. The van der Waals surface area contributed by atoms with Crippen LogP contribution in [0.1, 0.15) is 39.5 Å². The molecular formula is C13H23NO3. The quantitative estimate of drug-likeness (QED) is 0.800. The number of carbonyl (C=O) groups is 2. The molecule has 4 heteroatoms. The molecule has 0 spiro atoms. The van der Waals surface area contributed by atoms with Gasteiger partial charge in [0.05, 0.1) is 11.8 Å². The molecular weight excluding hydrogens is 218 g/mol. The lowest BCUT2D eigenvalue weighted by Crippen LogP contribution is -2.37. The molecule has 0 aromatic rings. The third kappa shape index (κ3) is 3.20. The van der Waals surface area contributed by atoms with Crippen molar-refractivity contribution in [3.8, 4) is 0 Å². The van der Waals surface area contributed by atoms with Crippen molar-refractivity contribution in [3.05, 3.63) is 0 Å². The lowest BCUT2D eigenvalue weighted by atomic mass is 9.95. The molecule has 0 saturated heterocycles. The first-order valence-electron chi connectivity index (χ1n) is 6.49. The van der Waals surface area contributed by atoms with Crippen LogP contribution in [0.2, 0.25) is 0 Å². The summed E-state index contributed by atoms with van der Waals surface area (Å²) >= 11 is 0. The normalized spacial score (nSPS) is 28.1. The van der Waals surface area contributed by atoms with Gasteiger partial charge in [-0.05, 0) is 25.2 Å². The Bertz CT molecular complexity index is 290. The fraction of sp³-hybridized carbons (Fsp3) is 0.846. The van der Waals surface area contributed by atoms with Gasteiger partial charge in [0, 0.05) is 13.6 Å². The molecule has 1 saturated carbocycles. The van der Waals surface area contributed by atoms with Crippen LogP contribution in [0.15, 0.2) is 0 Å². The molecule has 1 fully saturated rings. The van der Waals surface area contributed by atoms with E-state index in [1.165, 1.54) is 0 Å². The van der Waals surface area contributed by atoms with Gasteiger partial charge in [0.2, 0.25) is 5.91 Å². The highest BCUT2D eigenvalue weighted by atomic mass is 16.4. The first-order chi connectivity index (χ1) is 8.01. The van der Waals surface area contributed by atoms with Crippen molar-refractivity contribution in [3.63, 3.8) is 0 Å². The Morgan fingerprint density at radius 1 is 1.24 bits per heavy atom. The van der Waals surface area contributed by atoms with Crippen molar-refractivity contribution in [2.75, 3.05) is 13.6 Å². The standard InChI is InChI=1S/C13H23NO3/c1-4-6-14(3)12(15)10-7-9(5-2)8-11(10)13(16)17/h9-11H,4-8H2,1-3H3,(H,16,17). The zero-order valence-electron chi connectivity index (χ0n) is 11.0. The Morgan fingerprint density at radius 3 is 2.29 bits per heavy atom. The number of aliphatic carboxylic acids is 1. The Morgan fingerprint density at radius 2 is 1.82 bits per heavy atom. The molecule has 0 heterocycles. The van der Waals surface area contributed by atoms with Gasteiger partial charge in [-0.15, -0.1) is 0 Å². The summed E-state index contributed by atoms with van der Waals surface area (Å²) < 4.78 is 0. The van der Waals surface area contributed by atoms with E-state index in [0.717, 1.165) is 19.3 Å². The Balaban J connectivity index is 2.72. The van der Waals surface area contributed by atoms with Gasteiger partial charge in [-0.3, -0.25) is 9.59 Å². The highest BCUT2D eigenvalue weighted by Gasteiger charge is 2.42. The van der Waals surface area contributed by atoms with Gasteiger partial charge in [0.15, 0.2) is 0 Å². The predicted octanol–water partition coefficient (Wildman–Crippen LogP) is 1.99. The van der Waals surface area contributed by atoms with Gasteiger partial charge in [-0.1, -0.05) is 20.3 Å². The van der Waals surface area contributed by atoms with Crippen LogP contribution in [-0.2, 0) is 9.59 Å². The van der Waals surface area contributed by atoms with Crippen molar-refractivity contribution in [2.45, 2.75) is 39.5 Å². The maximum Gasteiger partial charge on any atom is 0.307 e. The van der Waals surface area contributed by atoms with Crippen LogP contribution in [-0.4, -0.2) is 35.5 Å². The number of carboxylic acids is 1. The molecule has 1 amide bonds. The van der Waals surface area contributed by atoms with Crippen LogP contribution in [0.5, 0.6) is 0 Å². The van der Waals surface area contributed by atoms with Gasteiger partial charge in [-0.25, -0.2) is 0 Å². The van der Waals surface area contributed by atoms with Crippen molar-refractivity contribution < 1.29 is 14.7 Å². The Hall–Kier alpha value is -1.06. The molecule has 0 aromatic heterocycles. The molecule has 1 aliphatic rings. The molecule has 0 bridgehead atoms. The summed E-state index contributed by atoms with van der Waals surface area (Å²) in [4.78, 5) is 25.0. The van der Waals surface area contributed by atoms with Gasteiger partial charge < -0.3 is 10.0 Å². The first-order valence-corrected chi connectivity index (χ1v) is 6.49. The smallest absolute Gasteiger partial charge is 0.307 e. The number of hydrogen-bond acceptors (Lipinski definition) is 2. The van der Waals surface area contributed by atoms with Crippen LogP contribution in [0.3, 0.4) is 0 Å². The number of rotatable bonds is 5. The molecule has 3 atom stereocenters. The molecule has 98 valence electrons. The second kappa shape index (κ2) is 6.03. The second-order valence-electron chi connectivity index (χ2n) is 5.06. The van der Waals surface area contributed by atoms with E-state index in [1.54, 1.807) is 11.9 Å².